The molecule has 3 nitrogen and oxygen atoms in total. The summed E-state index contributed by atoms with van der Waals surface area (Å²) in [6.07, 6.45) is 0. The first-order chi connectivity index (χ1) is 28.7. The van der Waals surface area contributed by atoms with E-state index in [4.69, 9.17) is 9.97 Å². The minimum atomic E-state index is -0.590. The summed E-state index contributed by atoms with van der Waals surface area (Å²) in [6, 6.07) is 73.3. The van der Waals surface area contributed by atoms with Crippen molar-refractivity contribution in [3.05, 3.63) is 228 Å². The molecule has 1 spiro atoms. The lowest BCUT2D eigenvalue weighted by molar-refractivity contribution is 0.723. The summed E-state index contributed by atoms with van der Waals surface area (Å²) in [5.41, 5.74) is 16.7. The molecule has 0 radical (unpaired) electrons. The van der Waals surface area contributed by atoms with E-state index < -0.39 is 5.41 Å². The van der Waals surface area contributed by atoms with Crippen LogP contribution < -0.4 is 0 Å². The molecule has 11 rings (SSSR count). The zero-order valence-electron chi connectivity index (χ0n) is 31.3. The monoisotopic (exact) mass is 755 g/mol. The van der Waals surface area contributed by atoms with Crippen LogP contribution in [0.25, 0.3) is 67.3 Å². The lowest BCUT2D eigenvalue weighted by Gasteiger charge is -2.40. The van der Waals surface area contributed by atoms with Crippen LogP contribution >= 0.6 is 11.8 Å². The average molecular weight is 756 g/mol. The Kier molecular flexibility index (Phi) is 8.03. The third kappa shape index (κ3) is 5.44. The van der Waals surface area contributed by atoms with Crippen LogP contribution in [0.4, 0.5) is 0 Å². The van der Waals surface area contributed by atoms with E-state index in [2.05, 4.69) is 164 Å². The Morgan fingerprint density at radius 1 is 0.379 bits per heavy atom. The van der Waals surface area contributed by atoms with Gasteiger partial charge in [-0.1, -0.05) is 169 Å². The topological polar surface area (TPSA) is 49.6 Å². The Labute approximate surface area is 342 Å². The molecule has 2 heterocycles. The molecule has 0 fully saturated rings. The fourth-order valence-corrected chi connectivity index (χ4v) is 10.1. The average Bonchev–Trinajstić information content (AvgIpc) is 3.58. The maximum absolute atomic E-state index is 9.78. The van der Waals surface area contributed by atoms with Crippen molar-refractivity contribution < 1.29 is 0 Å². The Hall–Kier alpha value is -7.32. The molecule has 2 aliphatic rings. The summed E-state index contributed by atoms with van der Waals surface area (Å²) < 4.78 is 0. The van der Waals surface area contributed by atoms with Crippen LogP contribution in [-0.4, -0.2) is 9.97 Å². The van der Waals surface area contributed by atoms with Crippen LogP contribution in [0.2, 0.25) is 0 Å². The first-order valence-corrected chi connectivity index (χ1v) is 20.3. The molecule has 0 saturated heterocycles. The van der Waals surface area contributed by atoms with Gasteiger partial charge in [-0.25, -0.2) is 9.97 Å². The van der Waals surface area contributed by atoms with Crippen LogP contribution in [0, 0.1) is 11.3 Å². The molecule has 1 aliphatic heterocycles. The molecule has 1 aliphatic carbocycles. The van der Waals surface area contributed by atoms with Gasteiger partial charge in [-0.2, -0.15) is 5.26 Å². The number of nitriles is 1. The molecule has 270 valence electrons. The van der Waals surface area contributed by atoms with Crippen LogP contribution in [-0.2, 0) is 5.41 Å². The standard InChI is InChI=1S/C54H33N3S/c55-34-35-12-11-17-40(30-35)41-26-28-43-44-29-27-42(32-48(44)54(47(43)31-41)45-18-7-9-20-51(45)58-52-21-10-8-19-46(52)54)50-33-49(56-53(57-50)39-15-5-2-6-16-39)38-24-22-37(23-25-38)36-13-3-1-4-14-36/h1-33H. The van der Waals surface area contributed by atoms with E-state index >= 15 is 0 Å². The number of nitrogens with zero attached hydrogens (tertiary/aromatic N) is 3. The van der Waals surface area contributed by atoms with Crippen LogP contribution in [0.3, 0.4) is 0 Å². The van der Waals surface area contributed by atoms with E-state index in [9.17, 15) is 5.26 Å². The van der Waals surface area contributed by atoms with Crippen molar-refractivity contribution in [3.63, 3.8) is 0 Å². The smallest absolute Gasteiger partial charge is 0.160 e. The Morgan fingerprint density at radius 3 is 1.52 bits per heavy atom. The highest BCUT2D eigenvalue weighted by Gasteiger charge is 2.50. The summed E-state index contributed by atoms with van der Waals surface area (Å²) in [5, 5.41) is 9.78. The third-order valence-electron chi connectivity index (χ3n) is 11.6. The van der Waals surface area contributed by atoms with Crippen LogP contribution in [0.1, 0.15) is 27.8 Å². The minimum absolute atomic E-state index is 0.590. The second-order valence-corrected chi connectivity index (χ2v) is 15.9. The molecule has 0 amide bonds. The van der Waals surface area contributed by atoms with Crippen LogP contribution in [0.5, 0.6) is 0 Å². The molecule has 4 heteroatoms. The van der Waals surface area contributed by atoms with Crippen molar-refractivity contribution in [3.8, 4) is 73.4 Å². The van der Waals surface area contributed by atoms with Crippen molar-refractivity contribution >= 4 is 11.8 Å². The molecular formula is C54H33N3S. The zero-order chi connectivity index (χ0) is 38.6. The van der Waals surface area contributed by atoms with Gasteiger partial charge in [0.05, 0.1) is 28.4 Å². The first kappa shape index (κ1) is 34.0. The second kappa shape index (κ2) is 13.7. The largest absolute Gasteiger partial charge is 0.228 e. The van der Waals surface area contributed by atoms with Crippen molar-refractivity contribution in [2.45, 2.75) is 15.2 Å². The number of fused-ring (bicyclic) bond motifs is 9. The highest BCUT2D eigenvalue weighted by atomic mass is 32.2. The summed E-state index contributed by atoms with van der Waals surface area (Å²) in [5.74, 6) is 0.688. The first-order valence-electron chi connectivity index (χ1n) is 19.4. The number of rotatable bonds is 5. The number of hydrogen-bond donors (Lipinski definition) is 0. The lowest BCUT2D eigenvalue weighted by atomic mass is 9.67. The third-order valence-corrected chi connectivity index (χ3v) is 12.8. The molecule has 0 N–H and O–H groups in total. The molecule has 0 atom stereocenters. The maximum Gasteiger partial charge on any atom is 0.160 e. The van der Waals surface area contributed by atoms with Gasteiger partial charge in [0.1, 0.15) is 0 Å². The molecule has 0 bridgehead atoms. The zero-order valence-corrected chi connectivity index (χ0v) is 32.1. The van der Waals surface area contributed by atoms with Gasteiger partial charge in [-0.3, -0.25) is 0 Å². The van der Waals surface area contributed by atoms with E-state index in [-0.39, 0.29) is 0 Å². The van der Waals surface area contributed by atoms with Gasteiger partial charge in [0.15, 0.2) is 5.82 Å². The van der Waals surface area contributed by atoms with E-state index in [1.807, 2.05) is 54.2 Å². The predicted octanol–water partition coefficient (Wildman–Crippen LogP) is 13.5. The molecule has 1 aromatic heterocycles. The minimum Gasteiger partial charge on any atom is -0.228 e. The van der Waals surface area contributed by atoms with Gasteiger partial charge in [0.2, 0.25) is 0 Å². The summed E-state index contributed by atoms with van der Waals surface area (Å²) >= 11 is 1.84. The molecule has 8 aromatic carbocycles. The number of aromatic nitrogens is 2. The van der Waals surface area contributed by atoms with Gasteiger partial charge < -0.3 is 0 Å². The number of benzene rings is 8. The Balaban J connectivity index is 1.14. The van der Waals surface area contributed by atoms with Gasteiger partial charge in [0.25, 0.3) is 0 Å². The van der Waals surface area contributed by atoms with Gasteiger partial charge in [-0.05, 0) is 98.1 Å². The van der Waals surface area contributed by atoms with Crippen molar-refractivity contribution in [1.82, 2.24) is 9.97 Å². The maximum atomic E-state index is 9.78. The van der Waals surface area contributed by atoms with Crippen molar-refractivity contribution in [2.75, 3.05) is 0 Å². The fraction of sp³-hybridized carbons (Fsp3) is 0.0185. The summed E-state index contributed by atoms with van der Waals surface area (Å²) in [4.78, 5) is 13.0. The highest BCUT2D eigenvalue weighted by molar-refractivity contribution is 7.99. The highest BCUT2D eigenvalue weighted by Crippen LogP contribution is 2.63. The lowest BCUT2D eigenvalue weighted by Crippen LogP contribution is -2.32. The van der Waals surface area contributed by atoms with Gasteiger partial charge >= 0.3 is 0 Å². The SMILES string of the molecule is N#Cc1cccc(-c2ccc3c(c2)C2(c4ccccc4Sc4ccccc42)c2cc(-c4cc(-c5ccc(-c6ccccc6)cc5)nc(-c5ccccc5)n4)ccc2-3)c1. The molecular weight excluding hydrogens is 723 g/mol. The van der Waals surface area contributed by atoms with Gasteiger partial charge in [-0.15, -0.1) is 0 Å². The Bertz CT molecular complexity index is 3050. The Morgan fingerprint density at radius 2 is 0.862 bits per heavy atom. The predicted molar refractivity (Wildman–Crippen MR) is 235 cm³/mol. The molecule has 0 unspecified atom stereocenters. The van der Waals surface area contributed by atoms with Crippen molar-refractivity contribution in [1.29, 1.82) is 5.26 Å². The molecule has 0 saturated carbocycles. The molecule has 9 aromatic rings. The summed E-state index contributed by atoms with van der Waals surface area (Å²) in [6.45, 7) is 0. The van der Waals surface area contributed by atoms with Crippen LogP contribution in [0.15, 0.2) is 210 Å². The summed E-state index contributed by atoms with van der Waals surface area (Å²) in [7, 11) is 0. The van der Waals surface area contributed by atoms with Gasteiger partial charge in [0, 0.05) is 26.5 Å². The van der Waals surface area contributed by atoms with E-state index in [1.54, 1.807) is 0 Å². The number of hydrogen-bond acceptors (Lipinski definition) is 4. The quantitative estimate of drug-likeness (QED) is 0.175. The second-order valence-electron chi connectivity index (χ2n) is 14.8. The van der Waals surface area contributed by atoms with E-state index in [0.29, 0.717) is 11.4 Å². The van der Waals surface area contributed by atoms with E-state index in [0.717, 1.165) is 44.8 Å². The normalized spacial score (nSPS) is 12.9. The van der Waals surface area contributed by atoms with E-state index in [1.165, 1.54) is 48.7 Å². The van der Waals surface area contributed by atoms with Crippen molar-refractivity contribution in [2.24, 2.45) is 0 Å². The molecule has 58 heavy (non-hydrogen) atoms. The fourth-order valence-electron chi connectivity index (χ4n) is 8.93.